The third-order valence-electron chi connectivity index (χ3n) is 6.46. The highest BCUT2D eigenvalue weighted by molar-refractivity contribution is 5.77. The van der Waals surface area contributed by atoms with Crippen molar-refractivity contribution in [2.24, 2.45) is 11.8 Å². The summed E-state index contributed by atoms with van der Waals surface area (Å²) in [6.45, 7) is 12.0. The molecule has 2 N–H and O–H groups in total. The van der Waals surface area contributed by atoms with E-state index in [1.807, 2.05) is 51.1 Å². The van der Waals surface area contributed by atoms with E-state index in [0.29, 0.717) is 18.9 Å². The maximum atomic E-state index is 13.2. The van der Waals surface area contributed by atoms with Crippen LogP contribution >= 0.6 is 0 Å². The molecule has 32 heavy (non-hydrogen) atoms. The number of ether oxygens (including phenoxy) is 1. The Morgan fingerprint density at radius 3 is 2.31 bits per heavy atom. The maximum absolute atomic E-state index is 13.2. The molecule has 1 heterocycles. The van der Waals surface area contributed by atoms with Crippen LogP contribution in [0.3, 0.4) is 0 Å². The Labute approximate surface area is 193 Å². The van der Waals surface area contributed by atoms with Crippen LogP contribution in [0.15, 0.2) is 30.3 Å². The number of aliphatic hydroxyl groups excluding tert-OH is 1. The van der Waals surface area contributed by atoms with E-state index in [9.17, 15) is 14.7 Å². The van der Waals surface area contributed by atoms with Crippen LogP contribution in [0.2, 0.25) is 0 Å². The second-order valence-electron chi connectivity index (χ2n) is 10.1. The average Bonchev–Trinajstić information content (AvgIpc) is 3.08. The lowest BCUT2D eigenvalue weighted by molar-refractivity contribution is -0.161. The van der Waals surface area contributed by atoms with Crippen LogP contribution in [0.25, 0.3) is 0 Å². The molecule has 0 aromatic heterocycles. The highest BCUT2D eigenvalue weighted by Crippen LogP contribution is 2.37. The minimum absolute atomic E-state index is 0.0335. The molecule has 0 spiro atoms. The van der Waals surface area contributed by atoms with E-state index in [4.69, 9.17) is 4.74 Å². The van der Waals surface area contributed by atoms with E-state index in [1.165, 1.54) is 6.92 Å². The fourth-order valence-corrected chi connectivity index (χ4v) is 4.92. The summed E-state index contributed by atoms with van der Waals surface area (Å²) in [4.78, 5) is 27.5. The van der Waals surface area contributed by atoms with Gasteiger partial charge in [-0.1, -0.05) is 57.0 Å². The number of nitrogens with zero attached hydrogens (tertiary/aromatic N) is 1. The topological polar surface area (TPSA) is 78.9 Å². The van der Waals surface area contributed by atoms with E-state index >= 15 is 0 Å². The minimum Gasteiger partial charge on any atom is -0.459 e. The molecule has 0 aliphatic carbocycles. The summed E-state index contributed by atoms with van der Waals surface area (Å²) in [5.41, 5.74) is 0.503. The van der Waals surface area contributed by atoms with Gasteiger partial charge >= 0.3 is 5.97 Å². The van der Waals surface area contributed by atoms with Crippen molar-refractivity contribution in [1.82, 2.24) is 10.2 Å². The van der Waals surface area contributed by atoms with Gasteiger partial charge in [0.25, 0.3) is 0 Å². The van der Waals surface area contributed by atoms with Gasteiger partial charge < -0.3 is 15.2 Å². The molecule has 0 saturated carbocycles. The number of carbonyl (C=O) groups excluding carboxylic acids is 2. The Morgan fingerprint density at radius 1 is 1.19 bits per heavy atom. The fraction of sp³-hybridized carbons (Fsp3) is 0.692. The zero-order chi connectivity index (χ0) is 23.9. The Hall–Kier alpha value is -1.92. The molecule has 6 heteroatoms. The van der Waals surface area contributed by atoms with E-state index < -0.39 is 11.6 Å². The summed E-state index contributed by atoms with van der Waals surface area (Å²) < 4.78 is 5.77. The van der Waals surface area contributed by atoms with Crippen molar-refractivity contribution in [3.8, 4) is 0 Å². The molecule has 1 fully saturated rings. The molecule has 180 valence electrons. The van der Waals surface area contributed by atoms with Crippen LogP contribution in [-0.4, -0.2) is 52.2 Å². The number of hydrogen-bond donors (Lipinski definition) is 2. The monoisotopic (exact) mass is 446 g/mol. The summed E-state index contributed by atoms with van der Waals surface area (Å²) in [6.07, 6.45) is 3.39. The first-order valence-electron chi connectivity index (χ1n) is 12.0. The Bertz CT molecular complexity index is 727. The molecular formula is C26H42N2O4. The molecule has 0 bridgehead atoms. The number of carbonyl (C=O) groups is 2. The van der Waals surface area contributed by atoms with Gasteiger partial charge in [-0.3, -0.25) is 14.5 Å². The number of benzene rings is 1. The highest BCUT2D eigenvalue weighted by Gasteiger charge is 2.49. The van der Waals surface area contributed by atoms with E-state index in [2.05, 4.69) is 24.1 Å². The smallest absolute Gasteiger partial charge is 0.323 e. The normalized spacial score (nSPS) is 22.7. The van der Waals surface area contributed by atoms with Gasteiger partial charge in [0, 0.05) is 38.1 Å². The van der Waals surface area contributed by atoms with Crippen LogP contribution in [0.1, 0.15) is 72.8 Å². The highest BCUT2D eigenvalue weighted by atomic mass is 16.6. The second-order valence-corrected chi connectivity index (χ2v) is 10.1. The van der Waals surface area contributed by atoms with E-state index in [0.717, 1.165) is 24.8 Å². The van der Waals surface area contributed by atoms with Crippen molar-refractivity contribution in [2.75, 3.05) is 6.61 Å². The van der Waals surface area contributed by atoms with Crippen molar-refractivity contribution in [2.45, 2.75) is 97.5 Å². The second kappa shape index (κ2) is 11.8. The predicted octanol–water partition coefficient (Wildman–Crippen LogP) is 3.91. The van der Waals surface area contributed by atoms with Crippen molar-refractivity contribution in [1.29, 1.82) is 0 Å². The van der Waals surface area contributed by atoms with Crippen LogP contribution in [-0.2, 0) is 20.9 Å². The van der Waals surface area contributed by atoms with Gasteiger partial charge in [0.05, 0.1) is 0 Å². The first-order valence-corrected chi connectivity index (χ1v) is 12.0. The van der Waals surface area contributed by atoms with Gasteiger partial charge in [-0.05, 0) is 45.1 Å². The molecule has 6 nitrogen and oxygen atoms in total. The summed E-state index contributed by atoms with van der Waals surface area (Å²) in [7, 11) is 0. The minimum atomic E-state index is -0.588. The van der Waals surface area contributed by atoms with Crippen LogP contribution in [0.5, 0.6) is 0 Å². The van der Waals surface area contributed by atoms with E-state index in [1.54, 1.807) is 0 Å². The lowest BCUT2D eigenvalue weighted by atomic mass is 9.86. The molecule has 0 unspecified atom stereocenters. The first-order chi connectivity index (χ1) is 15.1. The molecular weight excluding hydrogens is 404 g/mol. The van der Waals surface area contributed by atoms with Gasteiger partial charge in [-0.25, -0.2) is 0 Å². The van der Waals surface area contributed by atoms with Crippen molar-refractivity contribution in [3.05, 3.63) is 35.9 Å². The Balaban J connectivity index is 2.44. The number of hydrogen-bond acceptors (Lipinski definition) is 5. The Morgan fingerprint density at radius 2 is 1.81 bits per heavy atom. The maximum Gasteiger partial charge on any atom is 0.323 e. The van der Waals surface area contributed by atoms with Gasteiger partial charge in [0.2, 0.25) is 5.91 Å². The summed E-state index contributed by atoms with van der Waals surface area (Å²) in [6, 6.07) is 9.28. The number of aliphatic hydroxyl groups is 1. The molecule has 1 saturated heterocycles. The third-order valence-corrected chi connectivity index (χ3v) is 6.46. The molecule has 1 aromatic carbocycles. The van der Waals surface area contributed by atoms with Crippen LogP contribution in [0, 0.1) is 11.8 Å². The number of esters is 1. The SMILES string of the molecule is CCC(CC)C[C@H](NC(C)=O)[C@H]1[C@H](CO)C[C@H](C(=O)OC(C)(C)C)N1Cc1ccccc1. The van der Waals surface area contributed by atoms with Gasteiger partial charge in [0.15, 0.2) is 0 Å². The quantitative estimate of drug-likeness (QED) is 0.533. The van der Waals surface area contributed by atoms with Crippen molar-refractivity contribution >= 4 is 11.9 Å². The molecule has 1 aliphatic rings. The van der Waals surface area contributed by atoms with Crippen molar-refractivity contribution < 1.29 is 19.4 Å². The summed E-state index contributed by atoms with van der Waals surface area (Å²) >= 11 is 0. The molecule has 2 rings (SSSR count). The van der Waals surface area contributed by atoms with Crippen LogP contribution < -0.4 is 5.32 Å². The number of amides is 1. The zero-order valence-electron chi connectivity index (χ0n) is 20.6. The lowest BCUT2D eigenvalue weighted by Crippen LogP contribution is -2.54. The molecule has 1 aromatic rings. The lowest BCUT2D eigenvalue weighted by Gasteiger charge is -2.38. The first kappa shape index (κ1) is 26.3. The number of rotatable bonds is 10. The van der Waals surface area contributed by atoms with Gasteiger partial charge in [-0.2, -0.15) is 0 Å². The standard InChI is InChI=1S/C26H42N2O4/c1-7-19(8-2)14-22(27-18(3)30)24-21(17-29)15-23(25(31)32-26(4,5)6)28(24)16-20-12-10-9-11-13-20/h9-13,19,21-24,29H,7-8,14-17H2,1-6H3,(H,27,30)/t21-,22-,23+,24+/m0/s1. The summed E-state index contributed by atoms with van der Waals surface area (Å²) in [5.74, 6) is -0.00991. The largest absolute Gasteiger partial charge is 0.459 e. The average molecular weight is 447 g/mol. The molecule has 0 radical (unpaired) electrons. The summed E-state index contributed by atoms with van der Waals surface area (Å²) in [5, 5.41) is 13.5. The Kier molecular flexibility index (Phi) is 9.71. The predicted molar refractivity (Wildman–Crippen MR) is 127 cm³/mol. The number of likely N-dealkylation sites (tertiary alicyclic amines) is 1. The molecule has 4 atom stereocenters. The number of nitrogens with one attached hydrogen (secondary N) is 1. The fourth-order valence-electron chi connectivity index (χ4n) is 4.92. The van der Waals surface area contributed by atoms with Crippen molar-refractivity contribution in [3.63, 3.8) is 0 Å². The van der Waals surface area contributed by atoms with Crippen LogP contribution in [0.4, 0.5) is 0 Å². The molecule has 1 aliphatic heterocycles. The molecule has 1 amide bonds. The van der Waals surface area contributed by atoms with Gasteiger partial charge in [0.1, 0.15) is 11.6 Å². The third kappa shape index (κ3) is 7.31. The van der Waals surface area contributed by atoms with E-state index in [-0.39, 0.29) is 36.5 Å². The van der Waals surface area contributed by atoms with Gasteiger partial charge in [-0.15, -0.1) is 0 Å². The zero-order valence-corrected chi connectivity index (χ0v) is 20.6.